The lowest BCUT2D eigenvalue weighted by molar-refractivity contribution is -0.0366. The van der Waals surface area contributed by atoms with Crippen LogP contribution in [0.15, 0.2) is 37.1 Å². The Bertz CT molecular complexity index is 1080. The summed E-state index contributed by atoms with van der Waals surface area (Å²) >= 11 is 6.31. The average Bonchev–Trinajstić information content (AvgIpc) is 3.23. The Morgan fingerprint density at radius 2 is 1.96 bits per heavy atom. The minimum atomic E-state index is -2.76. The minimum absolute atomic E-state index is 0.136. The van der Waals surface area contributed by atoms with E-state index in [0.29, 0.717) is 29.4 Å². The molecule has 28 heavy (non-hydrogen) atoms. The maximum absolute atomic E-state index is 14.5. The van der Waals surface area contributed by atoms with E-state index in [1.165, 1.54) is 17.4 Å². The molecule has 0 bridgehead atoms. The number of hydrogen-bond donors (Lipinski definition) is 2. The van der Waals surface area contributed by atoms with Crippen LogP contribution in [0.25, 0.3) is 0 Å². The lowest BCUT2D eigenvalue weighted by Gasteiger charge is -2.35. The van der Waals surface area contributed by atoms with Crippen molar-refractivity contribution in [3.63, 3.8) is 0 Å². The molecule has 1 atom stereocenters. The first kappa shape index (κ1) is 17.6. The number of nitrogens with zero attached hydrogens (tertiary/aromatic N) is 4. The Hall–Kier alpha value is -2.49. The van der Waals surface area contributed by atoms with Gasteiger partial charge in [-0.3, -0.25) is 14.8 Å². The van der Waals surface area contributed by atoms with Gasteiger partial charge in [-0.25, -0.2) is 18.6 Å². The predicted molar refractivity (Wildman–Crippen MR) is 100 cm³/mol. The van der Waals surface area contributed by atoms with Gasteiger partial charge in [-0.15, -0.1) is 0 Å². The zero-order chi connectivity index (χ0) is 19.9. The highest BCUT2D eigenvalue weighted by Gasteiger charge is 2.68. The molecule has 1 saturated carbocycles. The largest absolute Gasteiger partial charge is 0.352 e. The van der Waals surface area contributed by atoms with Crippen LogP contribution in [-0.2, 0) is 0 Å². The molecule has 0 amide bonds. The summed E-state index contributed by atoms with van der Waals surface area (Å²) in [5.41, 5.74) is -2.44. The molecule has 1 aliphatic carbocycles. The second-order valence-electron chi connectivity index (χ2n) is 8.07. The second kappa shape index (κ2) is 5.31. The lowest BCUT2D eigenvalue weighted by atomic mass is 9.82. The number of amidine groups is 1. The molecule has 148 valence electrons. The zero-order valence-corrected chi connectivity index (χ0v) is 15.7. The number of halogens is 3. The maximum Gasteiger partial charge on any atom is 0.325 e. The van der Waals surface area contributed by atoms with Crippen molar-refractivity contribution in [3.8, 4) is 0 Å². The van der Waals surface area contributed by atoms with Crippen molar-refractivity contribution in [3.05, 3.63) is 38.3 Å². The first-order chi connectivity index (χ1) is 13.2. The van der Waals surface area contributed by atoms with E-state index in [0.717, 1.165) is 0 Å². The molecule has 2 fully saturated rings. The fraction of sp³-hybridized carbons (Fsp3) is 0.529. The molecule has 2 N–H and O–H groups in total. The lowest BCUT2D eigenvalue weighted by Crippen LogP contribution is -2.49. The Morgan fingerprint density at radius 3 is 2.61 bits per heavy atom. The first-order valence-corrected chi connectivity index (χ1v) is 9.29. The molecule has 5 rings (SSSR count). The topological polar surface area (TPSA) is 96.9 Å². The van der Waals surface area contributed by atoms with E-state index in [2.05, 4.69) is 20.1 Å². The number of likely N-dealkylation sites (tertiary alicyclic amines) is 1. The Labute approximate surface area is 162 Å². The Kier molecular flexibility index (Phi) is 3.34. The standard InChI is InChI=1S/C17H17ClF2N6O2/c1-15-6-26(10-5-22-14(28)23-12(10)27)24-11(15)9(18)4-21-13(15)25-7-16(2-3-16)17(19,20)8-25/h4-5H,2-3,6-8H2,1H3,(H2,22,23,27,28). The van der Waals surface area contributed by atoms with Gasteiger partial charge < -0.3 is 9.88 Å². The summed E-state index contributed by atoms with van der Waals surface area (Å²) in [5.74, 6) is -2.29. The van der Waals surface area contributed by atoms with Crippen molar-refractivity contribution < 1.29 is 8.78 Å². The van der Waals surface area contributed by atoms with Gasteiger partial charge in [0.05, 0.1) is 34.7 Å². The highest BCUT2D eigenvalue weighted by Crippen LogP contribution is 2.61. The van der Waals surface area contributed by atoms with Crippen LogP contribution in [-0.4, -0.2) is 52.0 Å². The van der Waals surface area contributed by atoms with Gasteiger partial charge in [0.2, 0.25) is 0 Å². The molecule has 1 aromatic heterocycles. The third-order valence-electron chi connectivity index (χ3n) is 6.12. The van der Waals surface area contributed by atoms with Crippen LogP contribution >= 0.6 is 11.6 Å². The summed E-state index contributed by atoms with van der Waals surface area (Å²) in [6.07, 6.45) is 3.70. The number of rotatable bonds is 1. The van der Waals surface area contributed by atoms with E-state index in [1.807, 2.05) is 6.92 Å². The van der Waals surface area contributed by atoms with Gasteiger partial charge >= 0.3 is 5.69 Å². The van der Waals surface area contributed by atoms with E-state index >= 15 is 0 Å². The van der Waals surface area contributed by atoms with E-state index in [9.17, 15) is 18.4 Å². The van der Waals surface area contributed by atoms with Gasteiger partial charge in [-0.05, 0) is 19.8 Å². The zero-order valence-electron chi connectivity index (χ0n) is 14.9. The highest BCUT2D eigenvalue weighted by atomic mass is 35.5. The molecule has 1 aromatic rings. The van der Waals surface area contributed by atoms with Gasteiger partial charge in [0.1, 0.15) is 11.5 Å². The molecule has 1 saturated heterocycles. The molecular weight excluding hydrogens is 394 g/mol. The molecule has 1 unspecified atom stereocenters. The monoisotopic (exact) mass is 410 g/mol. The third-order valence-corrected chi connectivity index (χ3v) is 6.40. The number of H-pyrrole nitrogens is 2. The van der Waals surface area contributed by atoms with Crippen LogP contribution in [0.3, 0.4) is 0 Å². The average molecular weight is 411 g/mol. The summed E-state index contributed by atoms with van der Waals surface area (Å²) in [7, 11) is 0. The van der Waals surface area contributed by atoms with Crippen LogP contribution in [0.2, 0.25) is 0 Å². The van der Waals surface area contributed by atoms with E-state index in [4.69, 9.17) is 11.6 Å². The van der Waals surface area contributed by atoms with Gasteiger partial charge in [0.15, 0.2) is 0 Å². The molecule has 1 spiro atoms. The number of aromatic amines is 2. The summed E-state index contributed by atoms with van der Waals surface area (Å²) in [6, 6.07) is 0. The fourth-order valence-corrected chi connectivity index (χ4v) is 4.68. The third kappa shape index (κ3) is 2.27. The van der Waals surface area contributed by atoms with Crippen LogP contribution in [0, 0.1) is 10.8 Å². The van der Waals surface area contributed by atoms with Crippen molar-refractivity contribution in [1.29, 1.82) is 0 Å². The molecule has 8 nitrogen and oxygen atoms in total. The van der Waals surface area contributed by atoms with Crippen molar-refractivity contribution in [2.75, 3.05) is 24.6 Å². The molecular formula is C17H17ClF2N6O2. The number of anilines is 1. The highest BCUT2D eigenvalue weighted by molar-refractivity contribution is 6.47. The predicted octanol–water partition coefficient (Wildman–Crippen LogP) is 1.47. The number of aromatic nitrogens is 2. The van der Waals surface area contributed by atoms with E-state index < -0.39 is 28.0 Å². The Morgan fingerprint density at radius 1 is 1.21 bits per heavy atom. The summed E-state index contributed by atoms with van der Waals surface area (Å²) in [6.45, 7) is 1.87. The summed E-state index contributed by atoms with van der Waals surface area (Å²) < 4.78 is 29.0. The van der Waals surface area contributed by atoms with E-state index in [1.54, 1.807) is 4.90 Å². The van der Waals surface area contributed by atoms with Crippen molar-refractivity contribution in [2.45, 2.75) is 25.7 Å². The second-order valence-corrected chi connectivity index (χ2v) is 8.47. The van der Waals surface area contributed by atoms with E-state index in [-0.39, 0.29) is 25.3 Å². The first-order valence-electron chi connectivity index (χ1n) is 8.91. The van der Waals surface area contributed by atoms with Crippen molar-refractivity contribution in [1.82, 2.24) is 14.9 Å². The van der Waals surface area contributed by atoms with Gasteiger partial charge in [-0.2, -0.15) is 5.10 Å². The van der Waals surface area contributed by atoms with Gasteiger partial charge in [-0.1, -0.05) is 11.6 Å². The normalized spacial score (nSPS) is 29.5. The molecule has 0 aromatic carbocycles. The fourth-order valence-electron chi connectivity index (χ4n) is 4.38. The van der Waals surface area contributed by atoms with Gasteiger partial charge in [0, 0.05) is 18.9 Å². The summed E-state index contributed by atoms with van der Waals surface area (Å²) in [4.78, 5) is 34.0. The SMILES string of the molecule is CC12CN(c3c[nH]c(=O)[nH]c3=O)N=C1C(Cl)=CN=C2N1CC(F)(F)C2(CC2)C1. The molecule has 4 aliphatic rings. The van der Waals surface area contributed by atoms with Crippen molar-refractivity contribution in [2.24, 2.45) is 20.9 Å². The smallest absolute Gasteiger partial charge is 0.325 e. The van der Waals surface area contributed by atoms with Crippen molar-refractivity contribution >= 4 is 28.8 Å². The van der Waals surface area contributed by atoms with Crippen LogP contribution in [0.5, 0.6) is 0 Å². The molecule has 4 heterocycles. The Balaban J connectivity index is 1.53. The number of hydrazone groups is 1. The maximum atomic E-state index is 14.5. The van der Waals surface area contributed by atoms with Gasteiger partial charge in [0.25, 0.3) is 11.5 Å². The summed E-state index contributed by atoms with van der Waals surface area (Å²) in [5, 5.41) is 6.16. The molecule has 3 aliphatic heterocycles. The number of fused-ring (bicyclic) bond motifs is 1. The number of aliphatic imine (C=N–C) groups is 1. The number of alkyl halides is 2. The quantitative estimate of drug-likeness (QED) is 0.732. The number of hydrogen-bond acceptors (Lipinski definition) is 6. The molecule has 11 heteroatoms. The number of allylic oxidation sites excluding steroid dienone is 1. The number of nitrogens with one attached hydrogen (secondary N) is 2. The van der Waals surface area contributed by atoms with Crippen LogP contribution < -0.4 is 16.3 Å². The molecule has 0 radical (unpaired) electrons. The van der Waals surface area contributed by atoms with Crippen LogP contribution in [0.4, 0.5) is 14.5 Å². The minimum Gasteiger partial charge on any atom is -0.352 e. The van der Waals surface area contributed by atoms with Crippen LogP contribution in [0.1, 0.15) is 19.8 Å².